The molecule has 3 heteroatoms. The van der Waals surface area contributed by atoms with Crippen LogP contribution in [0.5, 0.6) is 0 Å². The van der Waals surface area contributed by atoms with E-state index in [0.29, 0.717) is 0 Å². The molecule has 0 aromatic carbocycles. The van der Waals surface area contributed by atoms with E-state index < -0.39 is 0 Å². The summed E-state index contributed by atoms with van der Waals surface area (Å²) >= 11 is 0. The molecule has 3 N–H and O–H groups in total. The van der Waals surface area contributed by atoms with Gasteiger partial charge >= 0.3 is 0 Å². The zero-order valence-electron chi connectivity index (χ0n) is 8.31. The second kappa shape index (κ2) is 4.94. The molecule has 0 spiro atoms. The molecule has 0 aliphatic carbocycles. The second-order valence-corrected chi connectivity index (χ2v) is 4.25. The van der Waals surface area contributed by atoms with E-state index in [4.69, 9.17) is 0 Å². The summed E-state index contributed by atoms with van der Waals surface area (Å²) < 4.78 is 0. The van der Waals surface area contributed by atoms with Crippen LogP contribution in [0.25, 0.3) is 0 Å². The molecule has 2 atom stereocenters. The quantitative estimate of drug-likeness (QED) is 0.567. The Balaban J connectivity index is 1.69. The van der Waals surface area contributed by atoms with E-state index in [-0.39, 0.29) is 0 Å². The number of piperidine rings is 2. The van der Waals surface area contributed by atoms with Crippen molar-refractivity contribution < 1.29 is 0 Å². The van der Waals surface area contributed by atoms with Crippen LogP contribution in [0, 0.1) is 0 Å². The van der Waals surface area contributed by atoms with Crippen LogP contribution in [0.2, 0.25) is 0 Å². The monoisotopic (exact) mass is 183 g/mol. The fourth-order valence-electron chi connectivity index (χ4n) is 2.32. The van der Waals surface area contributed by atoms with E-state index in [1.165, 1.54) is 38.8 Å². The highest BCUT2D eigenvalue weighted by molar-refractivity contribution is 4.82. The van der Waals surface area contributed by atoms with Gasteiger partial charge in [0.25, 0.3) is 0 Å². The standard InChI is InChI=1S/C10H21N3/c1-3-9(7-11-5-1)13-10-4-2-6-12-8-10/h9-13H,1-8H2/t9-,10?/m1/s1. The van der Waals surface area contributed by atoms with Gasteiger partial charge in [0.2, 0.25) is 0 Å². The summed E-state index contributed by atoms with van der Waals surface area (Å²) in [5.74, 6) is 0. The third kappa shape index (κ3) is 2.93. The maximum absolute atomic E-state index is 3.73. The predicted octanol–water partition coefficient (Wildman–Crippen LogP) is 0.0800. The molecule has 1 unspecified atom stereocenters. The van der Waals surface area contributed by atoms with Crippen molar-refractivity contribution in [1.29, 1.82) is 0 Å². The smallest absolute Gasteiger partial charge is 0.0196 e. The van der Waals surface area contributed by atoms with Gasteiger partial charge in [-0.15, -0.1) is 0 Å². The lowest BCUT2D eigenvalue weighted by Gasteiger charge is -2.31. The van der Waals surface area contributed by atoms with E-state index >= 15 is 0 Å². The van der Waals surface area contributed by atoms with Gasteiger partial charge in [0, 0.05) is 25.2 Å². The van der Waals surface area contributed by atoms with Crippen LogP contribution in [0.1, 0.15) is 25.7 Å². The highest BCUT2D eigenvalue weighted by Gasteiger charge is 2.18. The van der Waals surface area contributed by atoms with Crippen molar-refractivity contribution in [3.8, 4) is 0 Å². The van der Waals surface area contributed by atoms with Crippen molar-refractivity contribution in [3.63, 3.8) is 0 Å². The second-order valence-electron chi connectivity index (χ2n) is 4.25. The van der Waals surface area contributed by atoms with Crippen molar-refractivity contribution in [2.24, 2.45) is 0 Å². The molecule has 2 fully saturated rings. The number of hydrogen-bond acceptors (Lipinski definition) is 3. The summed E-state index contributed by atoms with van der Waals surface area (Å²) in [6.07, 6.45) is 5.36. The Morgan fingerprint density at radius 1 is 0.846 bits per heavy atom. The van der Waals surface area contributed by atoms with Crippen LogP contribution < -0.4 is 16.0 Å². The summed E-state index contributed by atoms with van der Waals surface area (Å²) in [6.45, 7) is 4.75. The Bertz CT molecular complexity index is 121. The molecule has 2 rings (SSSR count). The van der Waals surface area contributed by atoms with Gasteiger partial charge in [-0.2, -0.15) is 0 Å². The molecule has 2 aliphatic heterocycles. The van der Waals surface area contributed by atoms with Crippen molar-refractivity contribution >= 4 is 0 Å². The van der Waals surface area contributed by atoms with Gasteiger partial charge in [-0.25, -0.2) is 0 Å². The van der Waals surface area contributed by atoms with E-state index in [0.717, 1.165) is 25.2 Å². The average molecular weight is 183 g/mol. The maximum Gasteiger partial charge on any atom is 0.0196 e. The zero-order chi connectivity index (χ0) is 8.93. The van der Waals surface area contributed by atoms with Gasteiger partial charge in [-0.05, 0) is 38.8 Å². The number of nitrogens with one attached hydrogen (secondary N) is 3. The van der Waals surface area contributed by atoms with Crippen LogP contribution in [-0.2, 0) is 0 Å². The molecule has 2 heterocycles. The SMILES string of the molecule is C1CNCC(N[C@@H]2CCCNC2)C1. The first-order valence-corrected chi connectivity index (χ1v) is 5.62. The first kappa shape index (κ1) is 9.44. The van der Waals surface area contributed by atoms with Crippen molar-refractivity contribution in [1.82, 2.24) is 16.0 Å². The molecule has 0 aromatic heterocycles. The summed E-state index contributed by atoms with van der Waals surface area (Å²) in [7, 11) is 0. The van der Waals surface area contributed by atoms with Gasteiger partial charge in [-0.1, -0.05) is 0 Å². The van der Waals surface area contributed by atoms with E-state index in [1.807, 2.05) is 0 Å². The van der Waals surface area contributed by atoms with Crippen LogP contribution in [0.4, 0.5) is 0 Å². The lowest BCUT2D eigenvalue weighted by molar-refractivity contribution is 0.310. The lowest BCUT2D eigenvalue weighted by atomic mass is 10.0. The van der Waals surface area contributed by atoms with Crippen molar-refractivity contribution in [2.45, 2.75) is 37.8 Å². The molecule has 0 amide bonds. The Hall–Kier alpha value is -0.120. The third-order valence-electron chi connectivity index (χ3n) is 3.07. The highest BCUT2D eigenvalue weighted by Crippen LogP contribution is 2.06. The Morgan fingerprint density at radius 2 is 1.38 bits per heavy atom. The minimum atomic E-state index is 0.721. The largest absolute Gasteiger partial charge is 0.315 e. The molecule has 3 nitrogen and oxygen atoms in total. The Kier molecular flexibility index (Phi) is 3.58. The van der Waals surface area contributed by atoms with E-state index in [9.17, 15) is 0 Å². The number of rotatable bonds is 2. The molecule has 0 aromatic rings. The molecule has 13 heavy (non-hydrogen) atoms. The molecule has 0 radical (unpaired) electrons. The predicted molar refractivity (Wildman–Crippen MR) is 54.9 cm³/mol. The van der Waals surface area contributed by atoms with E-state index in [2.05, 4.69) is 16.0 Å². The normalized spacial score (nSPS) is 36.0. The molecular formula is C10H21N3. The van der Waals surface area contributed by atoms with Crippen LogP contribution in [-0.4, -0.2) is 38.3 Å². The fourth-order valence-corrected chi connectivity index (χ4v) is 2.32. The van der Waals surface area contributed by atoms with Gasteiger partial charge in [0.05, 0.1) is 0 Å². The summed E-state index contributed by atoms with van der Waals surface area (Å²) in [4.78, 5) is 0. The van der Waals surface area contributed by atoms with Gasteiger partial charge in [-0.3, -0.25) is 0 Å². The average Bonchev–Trinajstić information content (AvgIpc) is 2.21. The molecule has 2 aliphatic rings. The lowest BCUT2D eigenvalue weighted by Crippen LogP contribution is -2.52. The summed E-state index contributed by atoms with van der Waals surface area (Å²) in [6, 6.07) is 1.44. The van der Waals surface area contributed by atoms with Crippen LogP contribution >= 0.6 is 0 Å². The topological polar surface area (TPSA) is 36.1 Å². The van der Waals surface area contributed by atoms with E-state index in [1.54, 1.807) is 0 Å². The molecular weight excluding hydrogens is 162 g/mol. The van der Waals surface area contributed by atoms with Gasteiger partial charge in [0.15, 0.2) is 0 Å². The molecule has 76 valence electrons. The Labute approximate surface area is 80.7 Å². The van der Waals surface area contributed by atoms with Crippen molar-refractivity contribution in [3.05, 3.63) is 0 Å². The zero-order valence-corrected chi connectivity index (χ0v) is 8.31. The van der Waals surface area contributed by atoms with Gasteiger partial charge in [0.1, 0.15) is 0 Å². The molecule has 0 bridgehead atoms. The minimum absolute atomic E-state index is 0.721. The summed E-state index contributed by atoms with van der Waals surface area (Å²) in [5.41, 5.74) is 0. The summed E-state index contributed by atoms with van der Waals surface area (Å²) in [5, 5.41) is 10.6. The first-order chi connectivity index (χ1) is 6.45. The molecule has 2 saturated heterocycles. The Morgan fingerprint density at radius 3 is 1.77 bits per heavy atom. The first-order valence-electron chi connectivity index (χ1n) is 5.62. The van der Waals surface area contributed by atoms with Crippen LogP contribution in [0.3, 0.4) is 0 Å². The third-order valence-corrected chi connectivity index (χ3v) is 3.07. The highest BCUT2D eigenvalue weighted by atomic mass is 15.1. The molecule has 0 saturated carbocycles. The minimum Gasteiger partial charge on any atom is -0.315 e. The van der Waals surface area contributed by atoms with Crippen molar-refractivity contribution in [2.75, 3.05) is 26.2 Å². The fraction of sp³-hybridized carbons (Fsp3) is 1.00. The van der Waals surface area contributed by atoms with Crippen LogP contribution in [0.15, 0.2) is 0 Å². The maximum atomic E-state index is 3.73. The van der Waals surface area contributed by atoms with Gasteiger partial charge < -0.3 is 16.0 Å². The number of hydrogen-bond donors (Lipinski definition) is 3.